The Kier molecular flexibility index (Phi) is 4.46. The van der Waals surface area contributed by atoms with Crippen LogP contribution in [0.4, 0.5) is 0 Å². The van der Waals surface area contributed by atoms with Gasteiger partial charge in [0.15, 0.2) is 0 Å². The Labute approximate surface area is 94.6 Å². The second kappa shape index (κ2) is 5.40. The van der Waals surface area contributed by atoms with Gasteiger partial charge >= 0.3 is 0 Å². The Hall–Kier alpha value is -0.500. The molecule has 0 radical (unpaired) electrons. The van der Waals surface area contributed by atoms with Gasteiger partial charge in [0.1, 0.15) is 5.75 Å². The molecule has 0 fully saturated rings. The smallest absolute Gasteiger partial charge is 0.125 e. The minimum absolute atomic E-state index is 0.819. The first-order valence-electron chi connectivity index (χ1n) is 5.04. The third-order valence-electron chi connectivity index (χ3n) is 2.17. The first kappa shape index (κ1) is 11.6. The van der Waals surface area contributed by atoms with Gasteiger partial charge in [-0.3, -0.25) is 0 Å². The predicted molar refractivity (Wildman–Crippen MR) is 64.0 cm³/mol. The van der Waals surface area contributed by atoms with Crippen LogP contribution in [0.3, 0.4) is 0 Å². The van der Waals surface area contributed by atoms with E-state index in [1.807, 2.05) is 0 Å². The van der Waals surface area contributed by atoms with E-state index in [2.05, 4.69) is 48.8 Å². The SMILES string of the molecule is CCCCOc1c(C)cc(Br)cc1C. The maximum absolute atomic E-state index is 5.74. The maximum atomic E-state index is 5.74. The normalized spacial score (nSPS) is 10.3. The van der Waals surface area contributed by atoms with E-state index >= 15 is 0 Å². The number of hydrogen-bond acceptors (Lipinski definition) is 1. The lowest BCUT2D eigenvalue weighted by molar-refractivity contribution is 0.305. The van der Waals surface area contributed by atoms with Crippen molar-refractivity contribution >= 4 is 15.9 Å². The van der Waals surface area contributed by atoms with E-state index in [0.717, 1.165) is 23.2 Å². The summed E-state index contributed by atoms with van der Waals surface area (Å²) in [7, 11) is 0. The number of ether oxygens (including phenoxy) is 1. The van der Waals surface area contributed by atoms with Crippen LogP contribution in [0, 0.1) is 13.8 Å². The average molecular weight is 257 g/mol. The van der Waals surface area contributed by atoms with E-state index in [1.54, 1.807) is 0 Å². The molecule has 2 heteroatoms. The van der Waals surface area contributed by atoms with Crippen LogP contribution < -0.4 is 4.74 Å². The van der Waals surface area contributed by atoms with Crippen molar-refractivity contribution in [1.29, 1.82) is 0 Å². The summed E-state index contributed by atoms with van der Waals surface area (Å²) in [6.07, 6.45) is 2.30. The van der Waals surface area contributed by atoms with Gasteiger partial charge in [0.2, 0.25) is 0 Å². The molecule has 1 nitrogen and oxygen atoms in total. The van der Waals surface area contributed by atoms with E-state index in [9.17, 15) is 0 Å². The fraction of sp³-hybridized carbons (Fsp3) is 0.500. The summed E-state index contributed by atoms with van der Waals surface area (Å²) in [6, 6.07) is 4.18. The minimum Gasteiger partial charge on any atom is -0.493 e. The number of unbranched alkanes of at least 4 members (excludes halogenated alkanes) is 1. The van der Waals surface area contributed by atoms with Crippen LogP contribution in [-0.4, -0.2) is 6.61 Å². The molecule has 0 aliphatic rings. The first-order chi connectivity index (χ1) is 6.65. The molecule has 0 unspecified atom stereocenters. The summed E-state index contributed by atoms with van der Waals surface area (Å²) >= 11 is 3.47. The van der Waals surface area contributed by atoms with E-state index < -0.39 is 0 Å². The zero-order chi connectivity index (χ0) is 10.6. The molecule has 0 bridgehead atoms. The second-order valence-electron chi connectivity index (χ2n) is 3.57. The van der Waals surface area contributed by atoms with Crippen molar-refractivity contribution < 1.29 is 4.74 Å². The van der Waals surface area contributed by atoms with Crippen LogP contribution in [0.1, 0.15) is 30.9 Å². The summed E-state index contributed by atoms with van der Waals surface area (Å²) < 4.78 is 6.86. The lowest BCUT2D eigenvalue weighted by Crippen LogP contribution is -2.00. The van der Waals surface area contributed by atoms with Crippen molar-refractivity contribution in [1.82, 2.24) is 0 Å². The molecule has 1 aromatic carbocycles. The fourth-order valence-electron chi connectivity index (χ4n) is 1.44. The van der Waals surface area contributed by atoms with Gasteiger partial charge in [0, 0.05) is 4.47 Å². The van der Waals surface area contributed by atoms with Crippen molar-refractivity contribution in [2.24, 2.45) is 0 Å². The Balaban J connectivity index is 2.75. The van der Waals surface area contributed by atoms with Gasteiger partial charge in [-0.15, -0.1) is 0 Å². The van der Waals surface area contributed by atoms with Crippen LogP contribution >= 0.6 is 15.9 Å². The van der Waals surface area contributed by atoms with Gasteiger partial charge in [-0.25, -0.2) is 0 Å². The van der Waals surface area contributed by atoms with Gasteiger partial charge in [-0.2, -0.15) is 0 Å². The Bertz CT molecular complexity index is 284. The number of benzene rings is 1. The molecule has 0 aliphatic carbocycles. The molecule has 0 atom stereocenters. The summed E-state index contributed by atoms with van der Waals surface area (Å²) in [6.45, 7) is 7.16. The largest absolute Gasteiger partial charge is 0.493 e. The topological polar surface area (TPSA) is 9.23 Å². The van der Waals surface area contributed by atoms with Crippen LogP contribution in [0.15, 0.2) is 16.6 Å². The highest BCUT2D eigenvalue weighted by Gasteiger charge is 2.04. The predicted octanol–water partition coefficient (Wildman–Crippen LogP) is 4.24. The highest BCUT2D eigenvalue weighted by Crippen LogP contribution is 2.27. The van der Waals surface area contributed by atoms with Gasteiger partial charge in [-0.05, 0) is 43.5 Å². The number of rotatable bonds is 4. The quantitative estimate of drug-likeness (QED) is 0.733. The third-order valence-corrected chi connectivity index (χ3v) is 2.63. The molecule has 0 amide bonds. The molecule has 0 saturated heterocycles. The van der Waals surface area contributed by atoms with E-state index in [-0.39, 0.29) is 0 Å². The Morgan fingerprint density at radius 2 is 1.79 bits per heavy atom. The third kappa shape index (κ3) is 3.02. The first-order valence-corrected chi connectivity index (χ1v) is 5.84. The molecular weight excluding hydrogens is 240 g/mol. The lowest BCUT2D eigenvalue weighted by atomic mass is 10.1. The van der Waals surface area contributed by atoms with E-state index in [1.165, 1.54) is 17.5 Å². The number of aryl methyl sites for hydroxylation is 2. The van der Waals surface area contributed by atoms with Gasteiger partial charge in [0.05, 0.1) is 6.61 Å². The molecule has 78 valence electrons. The summed E-state index contributed by atoms with van der Waals surface area (Å²) in [4.78, 5) is 0. The summed E-state index contributed by atoms with van der Waals surface area (Å²) in [5, 5.41) is 0. The molecule has 0 spiro atoms. The van der Waals surface area contributed by atoms with Crippen LogP contribution in [-0.2, 0) is 0 Å². The van der Waals surface area contributed by atoms with Crippen molar-refractivity contribution in [2.75, 3.05) is 6.61 Å². The molecule has 0 N–H and O–H groups in total. The van der Waals surface area contributed by atoms with Crippen LogP contribution in [0.2, 0.25) is 0 Å². The molecule has 1 rings (SSSR count). The number of hydrogen-bond donors (Lipinski definition) is 0. The Morgan fingerprint density at radius 3 is 2.29 bits per heavy atom. The van der Waals surface area contributed by atoms with E-state index in [0.29, 0.717) is 0 Å². The lowest BCUT2D eigenvalue weighted by Gasteiger charge is -2.12. The van der Waals surface area contributed by atoms with Crippen LogP contribution in [0.5, 0.6) is 5.75 Å². The molecule has 14 heavy (non-hydrogen) atoms. The van der Waals surface area contributed by atoms with Crippen LogP contribution in [0.25, 0.3) is 0 Å². The average Bonchev–Trinajstić information content (AvgIpc) is 2.09. The Morgan fingerprint density at radius 1 is 1.21 bits per heavy atom. The molecule has 0 saturated carbocycles. The van der Waals surface area contributed by atoms with Crippen molar-refractivity contribution in [3.8, 4) is 5.75 Å². The summed E-state index contributed by atoms with van der Waals surface area (Å²) in [5.74, 6) is 1.04. The number of halogens is 1. The molecule has 0 heterocycles. The van der Waals surface area contributed by atoms with Crippen molar-refractivity contribution in [2.45, 2.75) is 33.6 Å². The standard InChI is InChI=1S/C12H17BrO/c1-4-5-6-14-12-9(2)7-11(13)8-10(12)3/h7-8H,4-6H2,1-3H3. The summed E-state index contributed by atoms with van der Waals surface area (Å²) in [5.41, 5.74) is 2.40. The van der Waals surface area contributed by atoms with Gasteiger partial charge in [0.25, 0.3) is 0 Å². The minimum atomic E-state index is 0.819. The maximum Gasteiger partial charge on any atom is 0.125 e. The van der Waals surface area contributed by atoms with E-state index in [4.69, 9.17) is 4.74 Å². The van der Waals surface area contributed by atoms with Gasteiger partial charge < -0.3 is 4.74 Å². The molecule has 0 aromatic heterocycles. The second-order valence-corrected chi connectivity index (χ2v) is 4.49. The molecule has 1 aromatic rings. The molecule has 0 aliphatic heterocycles. The van der Waals surface area contributed by atoms with Crippen molar-refractivity contribution in [3.05, 3.63) is 27.7 Å². The van der Waals surface area contributed by atoms with Gasteiger partial charge in [-0.1, -0.05) is 29.3 Å². The zero-order valence-electron chi connectivity index (χ0n) is 9.06. The molecular formula is C12H17BrO. The highest BCUT2D eigenvalue weighted by molar-refractivity contribution is 9.10. The highest BCUT2D eigenvalue weighted by atomic mass is 79.9. The zero-order valence-corrected chi connectivity index (χ0v) is 10.6. The van der Waals surface area contributed by atoms with Crippen molar-refractivity contribution in [3.63, 3.8) is 0 Å². The monoisotopic (exact) mass is 256 g/mol. The fourth-order valence-corrected chi connectivity index (χ4v) is 2.13.